The lowest BCUT2D eigenvalue weighted by atomic mass is 10.1. The van der Waals surface area contributed by atoms with Gasteiger partial charge in [0.25, 0.3) is 11.8 Å². The molecule has 0 saturated carbocycles. The van der Waals surface area contributed by atoms with E-state index in [-0.39, 0.29) is 23.2 Å². The van der Waals surface area contributed by atoms with E-state index >= 15 is 0 Å². The Kier molecular flexibility index (Phi) is 10.6. The van der Waals surface area contributed by atoms with Crippen molar-refractivity contribution in [1.82, 2.24) is 45.4 Å². The number of hydrogen-bond acceptors (Lipinski definition) is 13. The number of hydrogen-bond donors (Lipinski definition) is 4. The second-order valence-electron chi connectivity index (χ2n) is 13.0. The highest BCUT2D eigenvalue weighted by molar-refractivity contribution is 5.93. The number of carbonyl (C=O) groups is 2. The summed E-state index contributed by atoms with van der Waals surface area (Å²) in [5.41, 5.74) is 3.38. The number of rotatable bonds is 7. The summed E-state index contributed by atoms with van der Waals surface area (Å²) in [6, 6.07) is 18.5. The number of pyridine rings is 4. The summed E-state index contributed by atoms with van der Waals surface area (Å²) in [5, 5.41) is 26.5. The molecular formula is C39H39N9O6. The zero-order valence-electron chi connectivity index (χ0n) is 30.0. The van der Waals surface area contributed by atoms with Crippen molar-refractivity contribution in [2.75, 3.05) is 33.9 Å². The maximum absolute atomic E-state index is 13.7. The van der Waals surface area contributed by atoms with Crippen molar-refractivity contribution in [2.24, 2.45) is 0 Å². The highest BCUT2D eigenvalue weighted by Crippen LogP contribution is 2.31. The molecule has 0 aromatic carbocycles. The van der Waals surface area contributed by atoms with Gasteiger partial charge in [-0.15, -0.1) is 0 Å². The van der Waals surface area contributed by atoms with Crippen LogP contribution in [0, 0.1) is 0 Å². The van der Waals surface area contributed by atoms with Crippen LogP contribution in [0.5, 0.6) is 0 Å². The van der Waals surface area contributed by atoms with Crippen LogP contribution in [-0.2, 0) is 12.8 Å². The van der Waals surface area contributed by atoms with Crippen LogP contribution >= 0.6 is 0 Å². The summed E-state index contributed by atoms with van der Waals surface area (Å²) in [4.78, 5) is 57.5. The second-order valence-corrected chi connectivity index (χ2v) is 13.0. The fraction of sp³-hybridized carbons (Fsp3) is 0.282. The predicted octanol–water partition coefficient (Wildman–Crippen LogP) is 4.21. The minimum Gasteiger partial charge on any atom is -0.439 e. The number of oxazole rings is 2. The molecular weight excluding hydrogens is 690 g/mol. The topological polar surface area (TPSA) is 206 Å². The molecule has 276 valence electrons. The van der Waals surface area contributed by atoms with Gasteiger partial charge in [-0.1, -0.05) is 31.2 Å². The van der Waals surface area contributed by atoms with Crippen molar-refractivity contribution in [2.45, 2.75) is 38.3 Å². The van der Waals surface area contributed by atoms with Crippen molar-refractivity contribution in [3.63, 3.8) is 0 Å². The molecule has 0 fully saturated rings. The summed E-state index contributed by atoms with van der Waals surface area (Å²) in [5.74, 6) is 0.442. The Balaban J connectivity index is 1.36. The van der Waals surface area contributed by atoms with Gasteiger partial charge in [0.2, 0.25) is 11.8 Å². The average molecular weight is 730 g/mol. The highest BCUT2D eigenvalue weighted by Gasteiger charge is 2.25. The van der Waals surface area contributed by atoms with E-state index in [2.05, 4.69) is 20.6 Å². The Morgan fingerprint density at radius 2 is 1.02 bits per heavy atom. The van der Waals surface area contributed by atoms with E-state index in [0.29, 0.717) is 76.5 Å². The molecule has 0 aliphatic carbocycles. The SMILES string of the molecule is CCCc1oc2nc1-c1cccc(n1)C(=O)NC(CO)c1cccc(n1)-c1nc(c(CCN(C)C)o1)-c1cccc(n1)C(=O)NC(CO)c1cccc-2n1. The van der Waals surface area contributed by atoms with E-state index < -0.39 is 37.1 Å². The first kappa shape index (κ1) is 36.2. The zero-order chi connectivity index (χ0) is 37.8. The molecule has 2 unspecified atom stereocenters. The number of nitrogens with zero attached hydrogens (tertiary/aromatic N) is 7. The number of likely N-dealkylation sites (N-methyl/N-ethyl adjacent to an activating group) is 1. The molecule has 6 aromatic rings. The van der Waals surface area contributed by atoms with E-state index in [1.165, 1.54) is 0 Å². The van der Waals surface area contributed by atoms with Gasteiger partial charge in [-0.05, 0) is 69.0 Å². The van der Waals surface area contributed by atoms with Crippen LogP contribution in [0.15, 0.2) is 81.6 Å². The number of aromatic nitrogens is 6. The van der Waals surface area contributed by atoms with Crippen molar-refractivity contribution in [1.29, 1.82) is 0 Å². The molecule has 0 saturated heterocycles. The third kappa shape index (κ3) is 7.64. The predicted molar refractivity (Wildman–Crippen MR) is 197 cm³/mol. The standard InChI is InChI=1S/C39H39N9O6/c1-4-9-32-34-24-12-7-14-26(42-24)36(51)44-31(21-50)23-11-6-17-29(41-23)39-47-35(33(54-39)18-19-48(2)3)25-13-8-15-27(43-25)37(52)45-30(20-49)22-10-5-16-28(40-22)38(46-34)53-32/h5-8,10-17,30-31,49-50H,4,9,18-21H2,1-3H3,(H,44,51)(H,45,52). The van der Waals surface area contributed by atoms with Gasteiger partial charge in [0.05, 0.1) is 48.1 Å². The van der Waals surface area contributed by atoms with Gasteiger partial charge in [-0.2, -0.15) is 0 Å². The lowest BCUT2D eigenvalue weighted by Crippen LogP contribution is -2.32. The second kappa shape index (κ2) is 15.8. The monoisotopic (exact) mass is 729 g/mol. The number of fused-ring (bicyclic) bond motifs is 16. The van der Waals surface area contributed by atoms with Crippen LogP contribution in [0.1, 0.15) is 69.3 Å². The quantitative estimate of drug-likeness (QED) is 0.182. The van der Waals surface area contributed by atoms with Gasteiger partial charge in [0.15, 0.2) is 0 Å². The number of nitrogens with one attached hydrogen (secondary N) is 2. The molecule has 7 rings (SSSR count). The van der Waals surface area contributed by atoms with Gasteiger partial charge in [-0.3, -0.25) is 9.59 Å². The number of aliphatic hydroxyl groups excluding tert-OH is 2. The summed E-state index contributed by atoms with van der Waals surface area (Å²) >= 11 is 0. The molecule has 15 nitrogen and oxygen atoms in total. The first-order chi connectivity index (χ1) is 26.2. The summed E-state index contributed by atoms with van der Waals surface area (Å²) in [6.07, 6.45) is 1.77. The summed E-state index contributed by atoms with van der Waals surface area (Å²) in [7, 11) is 3.89. The van der Waals surface area contributed by atoms with Crippen molar-refractivity contribution >= 4 is 11.8 Å². The fourth-order valence-corrected chi connectivity index (χ4v) is 6.02. The number of amides is 2. The molecule has 7 heterocycles. The minimum atomic E-state index is -0.886. The normalized spacial score (nSPS) is 15.7. The summed E-state index contributed by atoms with van der Waals surface area (Å²) in [6.45, 7) is 1.76. The molecule has 2 amide bonds. The third-order valence-electron chi connectivity index (χ3n) is 8.78. The van der Waals surface area contributed by atoms with Crippen LogP contribution < -0.4 is 10.6 Å². The van der Waals surface area contributed by atoms with Gasteiger partial charge in [0, 0.05) is 19.4 Å². The molecule has 1 aliphatic rings. The zero-order valence-corrected chi connectivity index (χ0v) is 30.0. The van der Waals surface area contributed by atoms with Gasteiger partial charge in [-0.25, -0.2) is 29.9 Å². The Morgan fingerprint density at radius 3 is 1.46 bits per heavy atom. The lowest BCUT2D eigenvalue weighted by molar-refractivity contribution is 0.0903. The van der Waals surface area contributed by atoms with Crippen LogP contribution in [0.4, 0.5) is 0 Å². The van der Waals surface area contributed by atoms with Gasteiger partial charge >= 0.3 is 0 Å². The average Bonchev–Trinajstić information content (AvgIpc) is 3.83. The van der Waals surface area contributed by atoms with E-state index in [0.717, 1.165) is 6.42 Å². The molecule has 0 spiro atoms. The first-order valence-electron chi connectivity index (χ1n) is 17.6. The lowest BCUT2D eigenvalue weighted by Gasteiger charge is -2.16. The van der Waals surface area contributed by atoms with Gasteiger partial charge < -0.3 is 34.6 Å². The largest absolute Gasteiger partial charge is 0.439 e. The molecule has 4 N–H and O–H groups in total. The fourth-order valence-electron chi connectivity index (χ4n) is 6.02. The van der Waals surface area contributed by atoms with Crippen molar-refractivity contribution in [3.8, 4) is 45.9 Å². The van der Waals surface area contributed by atoms with Crippen molar-refractivity contribution in [3.05, 3.63) is 107 Å². The number of aliphatic hydroxyl groups is 2. The van der Waals surface area contributed by atoms with E-state index in [9.17, 15) is 19.8 Å². The Bertz CT molecular complexity index is 2300. The first-order valence-corrected chi connectivity index (χ1v) is 17.6. The maximum atomic E-state index is 13.7. The Labute approximate surface area is 310 Å². The van der Waals surface area contributed by atoms with Crippen LogP contribution in [0.25, 0.3) is 45.9 Å². The Hall–Kier alpha value is -6.16. The molecule has 54 heavy (non-hydrogen) atoms. The minimum absolute atomic E-state index is 0.0950. The number of aryl methyl sites for hydroxylation is 1. The summed E-state index contributed by atoms with van der Waals surface area (Å²) < 4.78 is 12.5. The number of carbonyl (C=O) groups excluding carboxylic acids is 2. The molecule has 1 aliphatic heterocycles. The van der Waals surface area contributed by atoms with Crippen LogP contribution in [0.3, 0.4) is 0 Å². The highest BCUT2D eigenvalue weighted by atomic mass is 16.4. The molecule has 15 heteroatoms. The molecule has 6 aromatic heterocycles. The van der Waals surface area contributed by atoms with Gasteiger partial charge in [0.1, 0.15) is 45.7 Å². The van der Waals surface area contributed by atoms with E-state index in [1.54, 1.807) is 72.8 Å². The smallest absolute Gasteiger partial charge is 0.270 e. The third-order valence-corrected chi connectivity index (χ3v) is 8.78. The van der Waals surface area contributed by atoms with Crippen molar-refractivity contribution < 1.29 is 28.6 Å². The Morgan fingerprint density at radius 1 is 0.593 bits per heavy atom. The van der Waals surface area contributed by atoms with Crippen LogP contribution in [0.2, 0.25) is 0 Å². The van der Waals surface area contributed by atoms with E-state index in [4.69, 9.17) is 28.8 Å². The maximum Gasteiger partial charge on any atom is 0.270 e. The van der Waals surface area contributed by atoms with Crippen LogP contribution in [-0.4, -0.2) is 90.7 Å². The van der Waals surface area contributed by atoms with E-state index in [1.807, 2.05) is 25.9 Å². The molecule has 12 bridgehead atoms. The molecule has 0 radical (unpaired) electrons. The molecule has 2 atom stereocenters.